The van der Waals surface area contributed by atoms with Crippen LogP contribution >= 0.6 is 11.6 Å². The molecule has 0 radical (unpaired) electrons. The number of hydrogen-bond donors (Lipinski definition) is 3. The maximum atomic E-state index is 14.2. The first kappa shape index (κ1) is 24.9. The average molecular weight is 555 g/mol. The molecule has 2 fully saturated rings. The fourth-order valence-electron chi connectivity index (χ4n) is 6.92. The smallest absolute Gasteiger partial charge is 0.250 e. The number of hydrogen-bond acceptors (Lipinski definition) is 5. The molecule has 1 spiro atoms. The largest absolute Gasteiger partial charge is 0.496 e. The van der Waals surface area contributed by atoms with E-state index in [1.54, 1.807) is 25.3 Å². The second-order valence-corrected chi connectivity index (χ2v) is 11.2. The maximum Gasteiger partial charge on any atom is 0.250 e. The van der Waals surface area contributed by atoms with Crippen molar-refractivity contribution in [2.45, 2.75) is 31.5 Å². The van der Waals surface area contributed by atoms with Crippen molar-refractivity contribution in [3.05, 3.63) is 94.1 Å². The molecule has 0 unspecified atom stereocenters. The molecule has 3 amide bonds. The first-order chi connectivity index (χ1) is 19.3. The molecule has 3 aliphatic rings. The molecule has 0 bridgehead atoms. The number of fused-ring (bicyclic) bond motifs is 5. The van der Waals surface area contributed by atoms with E-state index in [-0.39, 0.29) is 24.3 Å². The van der Waals surface area contributed by atoms with Gasteiger partial charge in [0.25, 0.3) is 0 Å². The second-order valence-electron chi connectivity index (χ2n) is 10.7. The van der Waals surface area contributed by atoms with Gasteiger partial charge in [0, 0.05) is 39.3 Å². The summed E-state index contributed by atoms with van der Waals surface area (Å²) in [7, 11) is 1.56. The van der Waals surface area contributed by atoms with Crippen LogP contribution in [0.4, 0.5) is 5.69 Å². The summed E-state index contributed by atoms with van der Waals surface area (Å²) in [6, 6.07) is 18.4. The van der Waals surface area contributed by atoms with Crippen LogP contribution in [0.1, 0.15) is 22.3 Å². The Hall–Kier alpha value is -4.14. The molecule has 7 rings (SSSR count). The van der Waals surface area contributed by atoms with Gasteiger partial charge in [0.1, 0.15) is 11.3 Å². The molecule has 40 heavy (non-hydrogen) atoms. The summed E-state index contributed by atoms with van der Waals surface area (Å²) in [6.45, 7) is 1.91. The van der Waals surface area contributed by atoms with Crippen LogP contribution in [0.2, 0.25) is 5.02 Å². The molecule has 0 aliphatic carbocycles. The number of carbonyl (C=O) groups is 3. The summed E-state index contributed by atoms with van der Waals surface area (Å²) in [5.74, 6) is -2.05. The van der Waals surface area contributed by atoms with Crippen molar-refractivity contribution in [1.29, 1.82) is 0 Å². The molecule has 4 atom stereocenters. The van der Waals surface area contributed by atoms with Crippen molar-refractivity contribution >= 4 is 45.9 Å². The Kier molecular flexibility index (Phi) is 5.56. The van der Waals surface area contributed by atoms with Crippen LogP contribution in [0.25, 0.3) is 10.9 Å². The Morgan fingerprint density at radius 1 is 0.975 bits per heavy atom. The summed E-state index contributed by atoms with van der Waals surface area (Å²) in [4.78, 5) is 46.9. The zero-order chi connectivity index (χ0) is 27.8. The van der Waals surface area contributed by atoms with E-state index >= 15 is 0 Å². The number of carbonyl (C=O) groups excluding carboxylic acids is 3. The standard InChI is InChI=1S/C31H27ClN4O4/c1-16-21(32)12-11-20-27(16)34-30(39)31(20)26-25(23(35-31)13-18-14-33-22-9-5-4-8-19(18)22)28(37)36(29(26)38)15-17-7-3-6-10-24(17)40-2/h3-12,14,23,25-26,33,35H,13,15H2,1-2H3,(H,34,39)/t23-,25+,26+,31+/m0/s1. The molecule has 4 aromatic rings. The maximum absolute atomic E-state index is 14.2. The Morgan fingerprint density at radius 2 is 1.75 bits per heavy atom. The number of imide groups is 1. The SMILES string of the molecule is COc1ccccc1CN1C(=O)[C@@H]2[C@H](Cc3c[nH]c4ccccc34)N[C@@]3(C(=O)Nc4c3ccc(Cl)c4C)[C@H]2C1=O. The van der Waals surface area contributed by atoms with E-state index in [0.29, 0.717) is 28.4 Å². The van der Waals surface area contributed by atoms with Gasteiger partial charge in [0.05, 0.1) is 31.2 Å². The molecular weight excluding hydrogens is 528 g/mol. The van der Waals surface area contributed by atoms with Crippen LogP contribution in [0.15, 0.2) is 66.9 Å². The van der Waals surface area contributed by atoms with Crippen LogP contribution < -0.4 is 15.4 Å². The Bertz CT molecular complexity index is 1730. The number of halogens is 1. The number of likely N-dealkylation sites (tertiary alicyclic amines) is 1. The number of para-hydroxylation sites is 2. The predicted molar refractivity (Wildman–Crippen MR) is 151 cm³/mol. The lowest BCUT2D eigenvalue weighted by Gasteiger charge is -2.30. The number of aromatic amines is 1. The zero-order valence-corrected chi connectivity index (χ0v) is 22.7. The van der Waals surface area contributed by atoms with Gasteiger partial charge in [-0.05, 0) is 42.7 Å². The first-order valence-corrected chi connectivity index (χ1v) is 13.6. The molecule has 0 saturated carbocycles. The normalized spacial score (nSPS) is 25.1. The molecule has 3 N–H and O–H groups in total. The van der Waals surface area contributed by atoms with Crippen molar-refractivity contribution < 1.29 is 19.1 Å². The first-order valence-electron chi connectivity index (χ1n) is 13.3. The van der Waals surface area contributed by atoms with Gasteiger partial charge in [-0.1, -0.05) is 54.1 Å². The lowest BCUT2D eigenvalue weighted by molar-refractivity contribution is -0.143. The minimum atomic E-state index is -1.39. The number of H-pyrrole nitrogens is 1. The van der Waals surface area contributed by atoms with Gasteiger partial charge in [0.2, 0.25) is 17.7 Å². The molecular formula is C31H27ClN4O4. The predicted octanol–water partition coefficient (Wildman–Crippen LogP) is 4.30. The van der Waals surface area contributed by atoms with Crippen molar-refractivity contribution in [3.63, 3.8) is 0 Å². The molecule has 9 heteroatoms. The quantitative estimate of drug-likeness (QED) is 0.319. The highest BCUT2D eigenvalue weighted by atomic mass is 35.5. The third-order valence-electron chi connectivity index (χ3n) is 8.81. The van der Waals surface area contributed by atoms with E-state index in [4.69, 9.17) is 16.3 Å². The van der Waals surface area contributed by atoms with E-state index in [1.807, 2.05) is 55.6 Å². The molecule has 3 aliphatic heterocycles. The van der Waals surface area contributed by atoms with Crippen LogP contribution in [-0.2, 0) is 32.9 Å². The highest BCUT2D eigenvalue weighted by Gasteiger charge is 2.70. The number of benzene rings is 3. The van der Waals surface area contributed by atoms with E-state index in [9.17, 15) is 14.4 Å². The number of nitrogens with zero attached hydrogens (tertiary/aromatic N) is 1. The zero-order valence-electron chi connectivity index (χ0n) is 22.0. The Balaban J connectivity index is 1.35. The number of nitrogens with one attached hydrogen (secondary N) is 3. The van der Waals surface area contributed by atoms with Crippen LogP contribution in [0.5, 0.6) is 5.75 Å². The van der Waals surface area contributed by atoms with Gasteiger partial charge >= 0.3 is 0 Å². The summed E-state index contributed by atoms with van der Waals surface area (Å²) in [5.41, 5.74) is 3.30. The molecule has 4 heterocycles. The Morgan fingerprint density at radius 3 is 2.58 bits per heavy atom. The lowest BCUT2D eigenvalue weighted by Crippen LogP contribution is -2.53. The van der Waals surface area contributed by atoms with Gasteiger partial charge in [-0.25, -0.2) is 0 Å². The van der Waals surface area contributed by atoms with Crippen molar-refractivity contribution in [1.82, 2.24) is 15.2 Å². The van der Waals surface area contributed by atoms with E-state index in [0.717, 1.165) is 27.6 Å². The topological polar surface area (TPSA) is 104 Å². The number of anilines is 1. The molecule has 3 aromatic carbocycles. The summed E-state index contributed by atoms with van der Waals surface area (Å²) >= 11 is 6.40. The fourth-order valence-corrected chi connectivity index (χ4v) is 7.08. The van der Waals surface area contributed by atoms with Crippen LogP contribution in [0, 0.1) is 18.8 Å². The van der Waals surface area contributed by atoms with E-state index < -0.39 is 23.4 Å². The van der Waals surface area contributed by atoms with Crippen LogP contribution in [0.3, 0.4) is 0 Å². The summed E-state index contributed by atoms with van der Waals surface area (Å²) in [6.07, 6.45) is 2.40. The summed E-state index contributed by atoms with van der Waals surface area (Å²) < 4.78 is 5.49. The highest BCUT2D eigenvalue weighted by molar-refractivity contribution is 6.32. The second kappa shape index (κ2) is 8.94. The Labute approximate surface area is 235 Å². The third kappa shape index (κ3) is 3.33. The van der Waals surface area contributed by atoms with E-state index in [1.165, 1.54) is 4.90 Å². The van der Waals surface area contributed by atoms with Gasteiger partial charge in [-0.2, -0.15) is 0 Å². The molecule has 8 nitrogen and oxygen atoms in total. The van der Waals surface area contributed by atoms with Crippen molar-refractivity contribution in [3.8, 4) is 5.75 Å². The summed E-state index contributed by atoms with van der Waals surface area (Å²) in [5, 5.41) is 8.08. The average Bonchev–Trinajstić information content (AvgIpc) is 3.67. The van der Waals surface area contributed by atoms with Gasteiger partial charge in [0.15, 0.2) is 0 Å². The molecule has 202 valence electrons. The van der Waals surface area contributed by atoms with Gasteiger partial charge in [-0.15, -0.1) is 0 Å². The molecule has 2 saturated heterocycles. The monoisotopic (exact) mass is 554 g/mol. The number of ether oxygens (including phenoxy) is 1. The fraction of sp³-hybridized carbons (Fsp3) is 0.258. The van der Waals surface area contributed by atoms with E-state index in [2.05, 4.69) is 15.6 Å². The van der Waals surface area contributed by atoms with Crippen molar-refractivity contribution in [2.24, 2.45) is 11.8 Å². The van der Waals surface area contributed by atoms with Crippen LogP contribution in [-0.4, -0.2) is 40.8 Å². The minimum Gasteiger partial charge on any atom is -0.496 e. The number of aromatic nitrogens is 1. The number of amides is 3. The van der Waals surface area contributed by atoms with Gasteiger partial charge in [-0.3, -0.25) is 24.6 Å². The number of methoxy groups -OCH3 is 1. The molecule has 1 aromatic heterocycles. The number of rotatable bonds is 5. The van der Waals surface area contributed by atoms with Gasteiger partial charge < -0.3 is 15.0 Å². The lowest BCUT2D eigenvalue weighted by atomic mass is 9.76. The minimum absolute atomic E-state index is 0.0681. The van der Waals surface area contributed by atoms with Crippen molar-refractivity contribution in [2.75, 3.05) is 12.4 Å². The highest BCUT2D eigenvalue weighted by Crippen LogP contribution is 2.54. The third-order valence-corrected chi connectivity index (χ3v) is 9.22.